The summed E-state index contributed by atoms with van der Waals surface area (Å²) in [7, 11) is 0. The van der Waals surface area contributed by atoms with Crippen molar-refractivity contribution in [3.63, 3.8) is 0 Å². The molecule has 52 heavy (non-hydrogen) atoms. The van der Waals surface area contributed by atoms with Crippen molar-refractivity contribution >= 4 is 58.9 Å². The van der Waals surface area contributed by atoms with Gasteiger partial charge in [-0.15, -0.1) is 0 Å². The van der Waals surface area contributed by atoms with Gasteiger partial charge in [0.05, 0.1) is 50.1 Å². The molecule has 1 aliphatic heterocycles. The van der Waals surface area contributed by atoms with E-state index in [2.05, 4.69) is 22.4 Å². The molecular formula is C32H47N7O12S. The van der Waals surface area contributed by atoms with Crippen molar-refractivity contribution in [1.82, 2.24) is 29.4 Å². The Bertz CT molecular complexity index is 1410. The number of isothiocyanates is 1. The standard InChI is InChI=1S/C32H47N7O12S/c40-27(41)17-34-5-6-35(18-28(42)43)9-10-37(20-30(46)47)13-14-39(22-32(50)51)26(15-24-1-3-25(4-2-24)33-23-52)16-38(21-31(48)49)12-11-36(8-7-34)19-29(44)45/h1-4,26H,5-22H2,(H,40,41)(H,42,43)(H,44,45)(H,46,47)(H,48,49)(H,50,51). The molecule has 0 aliphatic carbocycles. The second-order valence-corrected chi connectivity index (χ2v) is 12.6. The van der Waals surface area contributed by atoms with Gasteiger partial charge in [-0.1, -0.05) is 12.1 Å². The van der Waals surface area contributed by atoms with Gasteiger partial charge in [0.25, 0.3) is 0 Å². The number of carbonyl (C=O) groups is 6. The number of thiocarbonyl (C=S) groups is 1. The molecule has 0 spiro atoms. The molecule has 1 unspecified atom stereocenters. The van der Waals surface area contributed by atoms with E-state index in [1.165, 1.54) is 0 Å². The first kappa shape index (κ1) is 43.8. The summed E-state index contributed by atoms with van der Waals surface area (Å²) in [4.78, 5) is 84.5. The van der Waals surface area contributed by atoms with E-state index >= 15 is 0 Å². The molecule has 2 rings (SSSR count). The van der Waals surface area contributed by atoms with Gasteiger partial charge in [0, 0.05) is 78.0 Å². The highest BCUT2D eigenvalue weighted by atomic mass is 32.1. The number of hydrogen-bond acceptors (Lipinski definition) is 14. The molecule has 1 aromatic rings. The normalized spacial score (nSPS) is 19.1. The van der Waals surface area contributed by atoms with Gasteiger partial charge in [-0.25, -0.2) is 0 Å². The van der Waals surface area contributed by atoms with E-state index in [1.807, 2.05) is 0 Å². The molecule has 0 aromatic heterocycles. The van der Waals surface area contributed by atoms with E-state index in [1.54, 1.807) is 53.7 Å². The molecule has 1 fully saturated rings. The summed E-state index contributed by atoms with van der Waals surface area (Å²) in [5.41, 5.74) is 1.30. The van der Waals surface area contributed by atoms with Crippen LogP contribution in [0.2, 0.25) is 0 Å². The molecule has 0 bridgehead atoms. The number of rotatable bonds is 15. The van der Waals surface area contributed by atoms with Gasteiger partial charge in [0.1, 0.15) is 0 Å². The third kappa shape index (κ3) is 18.7. The van der Waals surface area contributed by atoms with E-state index in [4.69, 9.17) is 0 Å². The van der Waals surface area contributed by atoms with Crippen molar-refractivity contribution in [1.29, 1.82) is 0 Å². The minimum Gasteiger partial charge on any atom is -0.480 e. The number of benzene rings is 1. The quantitative estimate of drug-likeness (QED) is 0.0895. The summed E-state index contributed by atoms with van der Waals surface area (Å²) in [5, 5.41) is 60.4. The summed E-state index contributed by atoms with van der Waals surface area (Å²) in [6.07, 6.45) is 0.249. The fourth-order valence-corrected chi connectivity index (χ4v) is 5.98. The van der Waals surface area contributed by atoms with Crippen LogP contribution in [0.1, 0.15) is 5.56 Å². The van der Waals surface area contributed by atoms with Gasteiger partial charge in [-0.2, -0.15) is 4.99 Å². The molecule has 1 aliphatic rings. The number of carboxylic acids is 6. The second-order valence-electron chi connectivity index (χ2n) is 12.4. The zero-order chi connectivity index (χ0) is 38.6. The number of aliphatic imine (C=N–C) groups is 1. The lowest BCUT2D eigenvalue weighted by molar-refractivity contribution is -0.141. The predicted molar refractivity (Wildman–Crippen MR) is 188 cm³/mol. The number of carboxylic acid groups (broad SMARTS) is 6. The molecular weight excluding hydrogens is 706 g/mol. The monoisotopic (exact) mass is 753 g/mol. The van der Waals surface area contributed by atoms with Crippen molar-refractivity contribution < 1.29 is 59.4 Å². The van der Waals surface area contributed by atoms with Crippen molar-refractivity contribution in [2.45, 2.75) is 12.5 Å². The third-order valence-corrected chi connectivity index (χ3v) is 8.42. The molecule has 20 heteroatoms. The number of aliphatic carboxylic acids is 6. The summed E-state index contributed by atoms with van der Waals surface area (Å²) < 4.78 is 0. The Kier molecular flexibility index (Phi) is 19.5. The van der Waals surface area contributed by atoms with E-state index in [0.717, 1.165) is 5.56 Å². The Morgan fingerprint density at radius 2 is 0.865 bits per heavy atom. The highest BCUT2D eigenvalue weighted by Crippen LogP contribution is 2.17. The molecule has 0 amide bonds. The molecule has 288 valence electrons. The van der Waals surface area contributed by atoms with Crippen molar-refractivity contribution in [2.75, 3.05) is 111 Å². The summed E-state index contributed by atoms with van der Waals surface area (Å²) in [6, 6.07) is 6.30. The minimum atomic E-state index is -1.17. The smallest absolute Gasteiger partial charge is 0.317 e. The number of hydrogen-bond donors (Lipinski definition) is 6. The first-order valence-electron chi connectivity index (χ1n) is 16.5. The first-order chi connectivity index (χ1) is 24.6. The van der Waals surface area contributed by atoms with Crippen LogP contribution in [0.5, 0.6) is 0 Å². The average Bonchev–Trinajstić information content (AvgIpc) is 3.03. The maximum atomic E-state index is 12.2. The van der Waals surface area contributed by atoms with Gasteiger partial charge >= 0.3 is 35.8 Å². The maximum absolute atomic E-state index is 12.2. The van der Waals surface area contributed by atoms with E-state index < -0.39 is 81.1 Å². The van der Waals surface area contributed by atoms with Crippen LogP contribution in [0.3, 0.4) is 0 Å². The molecule has 1 atom stereocenters. The molecule has 1 heterocycles. The van der Waals surface area contributed by atoms with Crippen molar-refractivity contribution in [3.8, 4) is 0 Å². The summed E-state index contributed by atoms with van der Waals surface area (Å²) in [5.74, 6) is -6.92. The van der Waals surface area contributed by atoms with Gasteiger partial charge in [0.2, 0.25) is 0 Å². The summed E-state index contributed by atoms with van der Waals surface area (Å²) in [6.45, 7) is -1.68. The van der Waals surface area contributed by atoms with Crippen molar-refractivity contribution in [3.05, 3.63) is 29.8 Å². The molecule has 0 saturated carbocycles. The Morgan fingerprint density at radius 1 is 0.538 bits per heavy atom. The van der Waals surface area contributed by atoms with Crippen LogP contribution in [-0.2, 0) is 35.2 Å². The highest BCUT2D eigenvalue weighted by Gasteiger charge is 2.27. The van der Waals surface area contributed by atoms with E-state index in [0.29, 0.717) is 5.69 Å². The van der Waals surface area contributed by atoms with Gasteiger partial charge in [0.15, 0.2) is 0 Å². The maximum Gasteiger partial charge on any atom is 0.317 e. The lowest BCUT2D eigenvalue weighted by atomic mass is 10.0. The fourth-order valence-electron chi connectivity index (χ4n) is 5.88. The van der Waals surface area contributed by atoms with Gasteiger partial charge in [-0.05, 0) is 36.3 Å². The molecule has 1 aromatic carbocycles. The van der Waals surface area contributed by atoms with Crippen LogP contribution in [0.15, 0.2) is 29.3 Å². The van der Waals surface area contributed by atoms with Crippen LogP contribution in [0.4, 0.5) is 5.69 Å². The largest absolute Gasteiger partial charge is 0.480 e. The fraction of sp³-hybridized carbons (Fsp3) is 0.594. The molecule has 6 N–H and O–H groups in total. The van der Waals surface area contributed by atoms with Gasteiger partial charge < -0.3 is 30.6 Å². The predicted octanol–water partition coefficient (Wildman–Crippen LogP) is -1.33. The lowest BCUT2D eigenvalue weighted by Gasteiger charge is -2.37. The topological polar surface area (TPSA) is 256 Å². The average molecular weight is 754 g/mol. The SMILES string of the molecule is O=C(O)CN1CCN(CC(=O)O)CCN(CC(=O)O)CCN(CC(=O)O)C(Cc2ccc(N=C=S)cc2)CN(CC(=O)O)CCN(CC(=O)O)CC1. The Morgan fingerprint density at radius 3 is 1.21 bits per heavy atom. The first-order valence-corrected chi connectivity index (χ1v) is 16.9. The second kappa shape index (κ2) is 23.2. The lowest BCUT2D eigenvalue weighted by Crippen LogP contribution is -2.52. The molecule has 1 saturated heterocycles. The van der Waals surface area contributed by atoms with Crippen LogP contribution in [0.25, 0.3) is 0 Å². The van der Waals surface area contributed by atoms with E-state index in [9.17, 15) is 59.4 Å². The Labute approximate surface area is 305 Å². The third-order valence-electron chi connectivity index (χ3n) is 8.33. The minimum absolute atomic E-state index is 0.0385. The molecule has 19 nitrogen and oxygen atoms in total. The zero-order valence-corrected chi connectivity index (χ0v) is 29.6. The van der Waals surface area contributed by atoms with Crippen LogP contribution in [0, 0.1) is 0 Å². The Hall–Kier alpha value is -4.40. The molecule has 0 radical (unpaired) electrons. The zero-order valence-electron chi connectivity index (χ0n) is 28.8. The number of nitrogens with zero attached hydrogens (tertiary/aromatic N) is 7. The Balaban J connectivity index is 2.59. The van der Waals surface area contributed by atoms with Crippen LogP contribution >= 0.6 is 12.2 Å². The highest BCUT2D eigenvalue weighted by molar-refractivity contribution is 7.78. The van der Waals surface area contributed by atoms with Gasteiger partial charge in [-0.3, -0.25) is 58.2 Å². The van der Waals surface area contributed by atoms with Crippen LogP contribution < -0.4 is 0 Å². The van der Waals surface area contributed by atoms with Crippen molar-refractivity contribution in [2.24, 2.45) is 4.99 Å². The van der Waals surface area contributed by atoms with E-state index in [-0.39, 0.29) is 78.4 Å². The summed E-state index contributed by atoms with van der Waals surface area (Å²) >= 11 is 4.67. The van der Waals surface area contributed by atoms with Crippen LogP contribution in [-0.4, -0.2) is 218 Å².